The van der Waals surface area contributed by atoms with Crippen molar-refractivity contribution in [1.29, 1.82) is 0 Å². The monoisotopic (exact) mass is 313 g/mol. The molecule has 0 saturated carbocycles. The second kappa shape index (κ2) is 14.0. The highest BCUT2D eigenvalue weighted by Gasteiger charge is 2.14. The minimum Gasteiger partial charge on any atom is -0.343 e. The van der Waals surface area contributed by atoms with Gasteiger partial charge in [-0.25, -0.2) is 0 Å². The van der Waals surface area contributed by atoms with Crippen LogP contribution in [-0.2, 0) is 4.79 Å². The lowest BCUT2D eigenvalue weighted by atomic mass is 10.2. The van der Waals surface area contributed by atoms with Crippen molar-refractivity contribution >= 4 is 5.91 Å². The van der Waals surface area contributed by atoms with E-state index in [-0.39, 0.29) is 0 Å². The number of carbonyl (C=O) groups is 1. The van der Waals surface area contributed by atoms with Gasteiger partial charge in [0.05, 0.1) is 0 Å². The molecule has 1 aliphatic rings. The predicted molar refractivity (Wildman–Crippen MR) is 96.3 cm³/mol. The molecule has 0 aromatic heterocycles. The van der Waals surface area contributed by atoms with Crippen LogP contribution in [0.1, 0.15) is 59.8 Å². The fraction of sp³-hybridized carbons (Fsp3) is 0.944. The van der Waals surface area contributed by atoms with Crippen molar-refractivity contribution in [3.05, 3.63) is 0 Å². The van der Waals surface area contributed by atoms with Crippen molar-refractivity contribution in [2.75, 3.05) is 52.9 Å². The van der Waals surface area contributed by atoms with E-state index in [1.165, 1.54) is 39.1 Å². The van der Waals surface area contributed by atoms with Gasteiger partial charge in [0, 0.05) is 45.7 Å². The quantitative estimate of drug-likeness (QED) is 0.612. The van der Waals surface area contributed by atoms with Crippen LogP contribution < -0.4 is 0 Å². The van der Waals surface area contributed by atoms with Crippen LogP contribution in [-0.4, -0.2) is 73.5 Å². The average Bonchev–Trinajstić information content (AvgIpc) is 2.57. The van der Waals surface area contributed by atoms with Gasteiger partial charge in [0.15, 0.2) is 0 Å². The third-order valence-electron chi connectivity index (χ3n) is 4.19. The standard InChI is InChI=1S/C16H33N3O.C2H6/c1-4-6-10-19(16(20)5-2)11-8-7-9-18-14-12-17(3)13-15-18;1-2/h4-15H2,1-3H3;1-2H3. The second-order valence-corrected chi connectivity index (χ2v) is 5.94. The van der Waals surface area contributed by atoms with Crippen LogP contribution in [0.25, 0.3) is 0 Å². The molecule has 0 unspecified atom stereocenters. The first kappa shape index (κ1) is 21.4. The molecule has 1 fully saturated rings. The largest absolute Gasteiger partial charge is 0.343 e. The summed E-state index contributed by atoms with van der Waals surface area (Å²) in [5, 5.41) is 0. The van der Waals surface area contributed by atoms with Crippen LogP contribution in [0.3, 0.4) is 0 Å². The highest BCUT2D eigenvalue weighted by Crippen LogP contribution is 2.05. The molecule has 4 nitrogen and oxygen atoms in total. The molecule has 0 aromatic carbocycles. The summed E-state index contributed by atoms with van der Waals surface area (Å²) in [5.41, 5.74) is 0. The van der Waals surface area contributed by atoms with Crippen molar-refractivity contribution in [3.8, 4) is 0 Å². The van der Waals surface area contributed by atoms with Gasteiger partial charge in [0.2, 0.25) is 5.91 Å². The number of hydrogen-bond donors (Lipinski definition) is 0. The Hall–Kier alpha value is -0.610. The molecule has 0 spiro atoms. The highest BCUT2D eigenvalue weighted by molar-refractivity contribution is 5.75. The normalized spacial score (nSPS) is 16.0. The first-order valence-electron chi connectivity index (χ1n) is 9.36. The lowest BCUT2D eigenvalue weighted by Crippen LogP contribution is -2.44. The van der Waals surface area contributed by atoms with Gasteiger partial charge < -0.3 is 14.7 Å². The number of carbonyl (C=O) groups excluding carboxylic acids is 1. The van der Waals surface area contributed by atoms with E-state index in [1.54, 1.807) is 0 Å². The number of piperazine rings is 1. The van der Waals surface area contributed by atoms with Gasteiger partial charge in [0.25, 0.3) is 0 Å². The van der Waals surface area contributed by atoms with Crippen molar-refractivity contribution in [2.24, 2.45) is 0 Å². The molecule has 0 aliphatic carbocycles. The molecular weight excluding hydrogens is 274 g/mol. The summed E-state index contributed by atoms with van der Waals surface area (Å²) in [6.07, 6.45) is 5.28. The average molecular weight is 314 g/mol. The van der Waals surface area contributed by atoms with Gasteiger partial charge in [0.1, 0.15) is 0 Å². The van der Waals surface area contributed by atoms with E-state index in [2.05, 4.69) is 28.7 Å². The topological polar surface area (TPSA) is 26.8 Å². The van der Waals surface area contributed by atoms with Gasteiger partial charge in [-0.2, -0.15) is 0 Å². The summed E-state index contributed by atoms with van der Waals surface area (Å²) >= 11 is 0. The van der Waals surface area contributed by atoms with Crippen LogP contribution in [0.4, 0.5) is 0 Å². The van der Waals surface area contributed by atoms with Crippen molar-refractivity contribution in [2.45, 2.75) is 59.8 Å². The Morgan fingerprint density at radius 2 is 1.55 bits per heavy atom. The van der Waals surface area contributed by atoms with Gasteiger partial charge >= 0.3 is 0 Å². The maximum atomic E-state index is 11.9. The van der Waals surface area contributed by atoms with Crippen molar-refractivity contribution < 1.29 is 4.79 Å². The Morgan fingerprint density at radius 1 is 0.955 bits per heavy atom. The number of hydrogen-bond acceptors (Lipinski definition) is 3. The van der Waals surface area contributed by atoms with E-state index in [1.807, 2.05) is 20.8 Å². The molecule has 0 aromatic rings. The van der Waals surface area contributed by atoms with Gasteiger partial charge in [-0.1, -0.05) is 34.1 Å². The molecule has 0 N–H and O–H groups in total. The zero-order valence-electron chi connectivity index (χ0n) is 15.7. The number of rotatable bonds is 9. The summed E-state index contributed by atoms with van der Waals surface area (Å²) in [6, 6.07) is 0. The Morgan fingerprint density at radius 3 is 2.09 bits per heavy atom. The zero-order chi connectivity index (χ0) is 16.8. The summed E-state index contributed by atoms with van der Waals surface area (Å²) in [4.78, 5) is 18.9. The van der Waals surface area contributed by atoms with Crippen LogP contribution >= 0.6 is 0 Å². The molecule has 1 aliphatic heterocycles. The van der Waals surface area contributed by atoms with Gasteiger partial charge in [-0.3, -0.25) is 4.79 Å². The third-order valence-corrected chi connectivity index (χ3v) is 4.19. The van der Waals surface area contributed by atoms with Gasteiger partial charge in [-0.05, 0) is 32.9 Å². The molecule has 22 heavy (non-hydrogen) atoms. The van der Waals surface area contributed by atoms with Crippen LogP contribution in [0, 0.1) is 0 Å². The molecule has 132 valence electrons. The minimum atomic E-state index is 0.318. The Kier molecular flexibility index (Phi) is 13.6. The van der Waals surface area contributed by atoms with E-state index >= 15 is 0 Å². The smallest absolute Gasteiger partial charge is 0.222 e. The fourth-order valence-corrected chi connectivity index (χ4v) is 2.64. The first-order valence-corrected chi connectivity index (χ1v) is 9.36. The number of likely N-dealkylation sites (N-methyl/N-ethyl adjacent to an activating group) is 1. The first-order chi connectivity index (χ1) is 10.7. The Balaban J connectivity index is 0.00000211. The molecule has 0 atom stereocenters. The van der Waals surface area contributed by atoms with E-state index in [0.717, 1.165) is 32.4 Å². The lowest BCUT2D eigenvalue weighted by Gasteiger charge is -2.32. The van der Waals surface area contributed by atoms with Crippen LogP contribution in [0.2, 0.25) is 0 Å². The molecule has 1 rings (SSSR count). The zero-order valence-corrected chi connectivity index (χ0v) is 15.7. The van der Waals surface area contributed by atoms with E-state index in [4.69, 9.17) is 0 Å². The van der Waals surface area contributed by atoms with Crippen molar-refractivity contribution in [3.63, 3.8) is 0 Å². The number of unbranched alkanes of at least 4 members (excludes halogenated alkanes) is 2. The Labute approximate surface area is 138 Å². The lowest BCUT2D eigenvalue weighted by molar-refractivity contribution is -0.131. The summed E-state index contributed by atoms with van der Waals surface area (Å²) in [7, 11) is 2.19. The number of amides is 1. The molecular formula is C18H39N3O. The molecule has 0 radical (unpaired) electrons. The molecule has 0 bridgehead atoms. The maximum absolute atomic E-state index is 11.9. The summed E-state index contributed by atoms with van der Waals surface area (Å²) < 4.78 is 0. The molecule has 1 amide bonds. The maximum Gasteiger partial charge on any atom is 0.222 e. The van der Waals surface area contributed by atoms with Gasteiger partial charge in [-0.15, -0.1) is 0 Å². The molecule has 1 saturated heterocycles. The van der Waals surface area contributed by atoms with Crippen LogP contribution in [0.5, 0.6) is 0 Å². The molecule has 4 heteroatoms. The van der Waals surface area contributed by atoms with E-state index < -0.39 is 0 Å². The highest BCUT2D eigenvalue weighted by atomic mass is 16.2. The summed E-state index contributed by atoms with van der Waals surface area (Å²) in [6.45, 7) is 16.0. The van der Waals surface area contributed by atoms with Crippen LogP contribution in [0.15, 0.2) is 0 Å². The predicted octanol–water partition coefficient (Wildman–Crippen LogP) is 3.08. The Bertz CT molecular complexity index is 263. The molecule has 1 heterocycles. The van der Waals surface area contributed by atoms with Crippen molar-refractivity contribution in [1.82, 2.24) is 14.7 Å². The summed E-state index contributed by atoms with van der Waals surface area (Å²) in [5.74, 6) is 0.318. The fourth-order valence-electron chi connectivity index (χ4n) is 2.64. The number of nitrogens with zero attached hydrogens (tertiary/aromatic N) is 3. The third kappa shape index (κ3) is 9.42. The van der Waals surface area contributed by atoms with E-state index in [0.29, 0.717) is 12.3 Å². The van der Waals surface area contributed by atoms with E-state index in [9.17, 15) is 4.79 Å². The second-order valence-electron chi connectivity index (χ2n) is 5.94. The minimum absolute atomic E-state index is 0.318. The SMILES string of the molecule is CC.CCCCN(CCCCN1CCN(C)CC1)C(=O)CC.